The van der Waals surface area contributed by atoms with Crippen molar-refractivity contribution in [1.82, 2.24) is 0 Å². The molecule has 0 spiro atoms. The first kappa shape index (κ1) is 15.9. The molecule has 0 unspecified atom stereocenters. The van der Waals surface area contributed by atoms with E-state index in [4.69, 9.17) is 5.11 Å². The summed E-state index contributed by atoms with van der Waals surface area (Å²) in [5, 5.41) is 20.0. The number of rotatable bonds is 5. The first-order valence-electron chi connectivity index (χ1n) is 6.30. The fourth-order valence-electron chi connectivity index (χ4n) is 1.92. The minimum Gasteiger partial charge on any atom is -0.392 e. The number of nitro groups is 1. The van der Waals surface area contributed by atoms with E-state index in [2.05, 4.69) is 0 Å². The van der Waals surface area contributed by atoms with Crippen molar-refractivity contribution in [2.75, 3.05) is 11.4 Å². The Morgan fingerprint density at radius 1 is 1.14 bits per heavy atom. The van der Waals surface area contributed by atoms with Crippen LogP contribution in [0.1, 0.15) is 5.56 Å². The highest BCUT2D eigenvalue weighted by Gasteiger charge is 2.29. The first-order valence-corrected chi connectivity index (χ1v) is 7.74. The smallest absolute Gasteiger partial charge is 0.289 e. The Hall–Kier alpha value is -2.45. The number of hydrogen-bond donors (Lipinski definition) is 1. The van der Waals surface area contributed by atoms with Gasteiger partial charge in [-0.2, -0.15) is 0 Å². The molecule has 0 bridgehead atoms. The summed E-state index contributed by atoms with van der Waals surface area (Å²) in [6.07, 6.45) is 0. The lowest BCUT2D eigenvalue weighted by Crippen LogP contribution is -2.27. The molecule has 0 atom stereocenters. The molecule has 0 heterocycles. The summed E-state index contributed by atoms with van der Waals surface area (Å²) < 4.78 is 26.1. The zero-order valence-electron chi connectivity index (χ0n) is 11.7. The molecule has 0 radical (unpaired) electrons. The lowest BCUT2D eigenvalue weighted by atomic mass is 10.2. The van der Waals surface area contributed by atoms with Crippen LogP contribution >= 0.6 is 0 Å². The number of anilines is 1. The molecule has 2 rings (SSSR count). The Morgan fingerprint density at radius 2 is 1.73 bits per heavy atom. The van der Waals surface area contributed by atoms with E-state index < -0.39 is 20.6 Å². The number of aliphatic hydroxyl groups excluding tert-OH is 1. The lowest BCUT2D eigenvalue weighted by molar-refractivity contribution is -0.387. The molecule has 0 aliphatic carbocycles. The number of nitro benzene ring substituents is 1. The van der Waals surface area contributed by atoms with Crippen molar-refractivity contribution in [2.45, 2.75) is 11.5 Å². The number of para-hydroxylation sites is 1. The second-order valence-corrected chi connectivity index (χ2v) is 6.46. The Balaban J connectivity index is 2.47. The first-order chi connectivity index (χ1) is 10.4. The summed E-state index contributed by atoms with van der Waals surface area (Å²) in [6.45, 7) is -0.152. The van der Waals surface area contributed by atoms with E-state index >= 15 is 0 Å². The summed E-state index contributed by atoms with van der Waals surface area (Å²) in [6, 6.07) is 11.4. The molecule has 2 aromatic rings. The third kappa shape index (κ3) is 2.92. The van der Waals surface area contributed by atoms with Crippen LogP contribution in [-0.2, 0) is 16.6 Å². The van der Waals surface area contributed by atoms with Crippen molar-refractivity contribution in [3.63, 3.8) is 0 Å². The van der Waals surface area contributed by atoms with Crippen LogP contribution in [0.15, 0.2) is 53.4 Å². The van der Waals surface area contributed by atoms with Crippen molar-refractivity contribution < 1.29 is 18.4 Å². The molecule has 1 N–H and O–H groups in total. The zero-order chi connectivity index (χ0) is 16.3. The SMILES string of the molecule is CN(c1ccc(CO)cc1)S(=O)(=O)c1ccccc1[N+](=O)[O-]. The summed E-state index contributed by atoms with van der Waals surface area (Å²) in [5.41, 5.74) is 0.511. The van der Waals surface area contributed by atoms with Gasteiger partial charge in [-0.15, -0.1) is 0 Å². The van der Waals surface area contributed by atoms with E-state index in [1.165, 1.54) is 37.4 Å². The average molecular weight is 322 g/mol. The number of nitrogens with zero attached hydrogens (tertiary/aromatic N) is 2. The van der Waals surface area contributed by atoms with Gasteiger partial charge in [-0.05, 0) is 23.8 Å². The predicted molar refractivity (Wildman–Crippen MR) is 81.1 cm³/mol. The molecular weight excluding hydrogens is 308 g/mol. The molecule has 116 valence electrons. The fourth-order valence-corrected chi connectivity index (χ4v) is 3.28. The topological polar surface area (TPSA) is 101 Å². The van der Waals surface area contributed by atoms with Gasteiger partial charge in [-0.3, -0.25) is 14.4 Å². The number of hydrogen-bond acceptors (Lipinski definition) is 5. The molecule has 0 aliphatic rings. The Labute approximate surface area is 127 Å². The van der Waals surface area contributed by atoms with E-state index in [1.807, 2.05) is 0 Å². The van der Waals surface area contributed by atoms with Crippen LogP contribution in [-0.4, -0.2) is 25.5 Å². The zero-order valence-corrected chi connectivity index (χ0v) is 12.5. The quantitative estimate of drug-likeness (QED) is 0.669. The molecule has 0 fully saturated rings. The van der Waals surface area contributed by atoms with Gasteiger partial charge in [0, 0.05) is 13.1 Å². The third-order valence-corrected chi connectivity index (χ3v) is 5.02. The van der Waals surface area contributed by atoms with Crippen molar-refractivity contribution in [1.29, 1.82) is 0 Å². The molecule has 8 heteroatoms. The largest absolute Gasteiger partial charge is 0.392 e. The van der Waals surface area contributed by atoms with Gasteiger partial charge in [-0.25, -0.2) is 8.42 Å². The summed E-state index contributed by atoms with van der Waals surface area (Å²) in [7, 11) is -2.74. The van der Waals surface area contributed by atoms with Crippen LogP contribution in [0.2, 0.25) is 0 Å². The normalized spacial score (nSPS) is 11.2. The second kappa shape index (κ2) is 6.12. The third-order valence-electron chi connectivity index (χ3n) is 3.18. The Bertz CT molecular complexity index is 787. The second-order valence-electron chi connectivity index (χ2n) is 4.52. The fraction of sp³-hybridized carbons (Fsp3) is 0.143. The highest BCUT2D eigenvalue weighted by Crippen LogP contribution is 2.28. The highest BCUT2D eigenvalue weighted by molar-refractivity contribution is 7.93. The minimum absolute atomic E-state index is 0.152. The van der Waals surface area contributed by atoms with Crippen molar-refractivity contribution in [2.24, 2.45) is 0 Å². The molecule has 7 nitrogen and oxygen atoms in total. The van der Waals surface area contributed by atoms with E-state index in [0.717, 1.165) is 10.4 Å². The maximum atomic E-state index is 12.6. The molecule has 2 aromatic carbocycles. The van der Waals surface area contributed by atoms with Crippen LogP contribution in [0.4, 0.5) is 11.4 Å². The number of aliphatic hydroxyl groups is 1. The van der Waals surface area contributed by atoms with Crippen molar-refractivity contribution in [3.05, 3.63) is 64.2 Å². The summed E-state index contributed by atoms with van der Waals surface area (Å²) >= 11 is 0. The van der Waals surface area contributed by atoms with Crippen LogP contribution in [0, 0.1) is 10.1 Å². The van der Waals surface area contributed by atoms with Gasteiger partial charge in [0.15, 0.2) is 4.90 Å². The summed E-state index contributed by atoms with van der Waals surface area (Å²) in [5.74, 6) is 0. The van der Waals surface area contributed by atoms with Crippen molar-refractivity contribution >= 4 is 21.4 Å². The molecule has 0 aromatic heterocycles. The van der Waals surface area contributed by atoms with Gasteiger partial charge in [-0.1, -0.05) is 24.3 Å². The highest BCUT2D eigenvalue weighted by atomic mass is 32.2. The standard InChI is InChI=1S/C14H14N2O5S/c1-15(12-8-6-11(10-17)7-9-12)22(20,21)14-5-3-2-4-13(14)16(18)19/h2-9,17H,10H2,1H3. The molecule has 22 heavy (non-hydrogen) atoms. The van der Waals surface area contributed by atoms with Gasteiger partial charge in [0.2, 0.25) is 0 Å². The maximum absolute atomic E-state index is 12.6. The summed E-state index contributed by atoms with van der Waals surface area (Å²) in [4.78, 5) is 9.91. The van der Waals surface area contributed by atoms with E-state index in [-0.39, 0.29) is 11.5 Å². The lowest BCUT2D eigenvalue weighted by Gasteiger charge is -2.19. The van der Waals surface area contributed by atoms with Crippen molar-refractivity contribution in [3.8, 4) is 0 Å². The molecular formula is C14H14N2O5S. The van der Waals surface area contributed by atoms with Gasteiger partial charge in [0.05, 0.1) is 17.2 Å². The monoisotopic (exact) mass is 322 g/mol. The number of benzene rings is 2. The van der Waals surface area contributed by atoms with Crippen LogP contribution in [0.25, 0.3) is 0 Å². The van der Waals surface area contributed by atoms with Gasteiger partial charge in [0.25, 0.3) is 15.7 Å². The number of sulfonamides is 1. The molecule has 0 saturated carbocycles. The molecule has 0 saturated heterocycles. The average Bonchev–Trinajstić information content (AvgIpc) is 2.54. The van der Waals surface area contributed by atoms with Crippen LogP contribution in [0.5, 0.6) is 0 Å². The minimum atomic E-state index is -4.06. The maximum Gasteiger partial charge on any atom is 0.289 e. The molecule has 0 aliphatic heterocycles. The van der Waals surface area contributed by atoms with Gasteiger partial charge in [0.1, 0.15) is 0 Å². The Kier molecular flexibility index (Phi) is 4.43. The Morgan fingerprint density at radius 3 is 2.27 bits per heavy atom. The predicted octanol–water partition coefficient (Wildman–Crippen LogP) is 1.91. The molecule has 0 amide bonds. The van der Waals surface area contributed by atoms with E-state index in [1.54, 1.807) is 12.1 Å². The van der Waals surface area contributed by atoms with Gasteiger partial charge >= 0.3 is 0 Å². The van der Waals surface area contributed by atoms with Gasteiger partial charge < -0.3 is 5.11 Å². The van der Waals surface area contributed by atoms with Crippen LogP contribution < -0.4 is 4.31 Å². The van der Waals surface area contributed by atoms with E-state index in [9.17, 15) is 18.5 Å². The van der Waals surface area contributed by atoms with Crippen LogP contribution in [0.3, 0.4) is 0 Å². The van der Waals surface area contributed by atoms with E-state index in [0.29, 0.717) is 11.3 Å².